The van der Waals surface area contributed by atoms with E-state index >= 15 is 0 Å². The molecule has 4 nitrogen and oxygen atoms in total. The van der Waals surface area contributed by atoms with Crippen molar-refractivity contribution in [2.75, 3.05) is 5.43 Å². The topological polar surface area (TPSA) is 61.7 Å². The second-order valence-electron chi connectivity index (χ2n) is 4.17. The minimum Gasteiger partial charge on any atom is -0.478 e. The Hall–Kier alpha value is -2.14. The highest BCUT2D eigenvalue weighted by Crippen LogP contribution is 2.17. The van der Waals surface area contributed by atoms with Crippen molar-refractivity contribution >= 4 is 33.3 Å². The maximum atomic E-state index is 10.9. The highest BCUT2D eigenvalue weighted by molar-refractivity contribution is 9.10. The van der Waals surface area contributed by atoms with Gasteiger partial charge in [-0.05, 0) is 31.2 Å². The van der Waals surface area contributed by atoms with E-state index < -0.39 is 5.97 Å². The van der Waals surface area contributed by atoms with Crippen molar-refractivity contribution in [2.45, 2.75) is 6.92 Å². The molecular formula is C15H13BrN2O2. The summed E-state index contributed by atoms with van der Waals surface area (Å²) in [6.07, 6.45) is 0. The van der Waals surface area contributed by atoms with Gasteiger partial charge < -0.3 is 5.11 Å². The van der Waals surface area contributed by atoms with Gasteiger partial charge in [-0.15, -0.1) is 0 Å². The van der Waals surface area contributed by atoms with Crippen LogP contribution in [0.3, 0.4) is 0 Å². The Morgan fingerprint density at radius 2 is 1.95 bits per heavy atom. The number of anilines is 1. The molecule has 0 amide bonds. The first-order valence-electron chi connectivity index (χ1n) is 5.96. The van der Waals surface area contributed by atoms with Crippen LogP contribution in [0.15, 0.2) is 58.1 Å². The number of carbonyl (C=O) groups is 1. The van der Waals surface area contributed by atoms with Crippen LogP contribution in [-0.4, -0.2) is 16.8 Å². The van der Waals surface area contributed by atoms with Crippen LogP contribution in [0.5, 0.6) is 0 Å². The fourth-order valence-electron chi connectivity index (χ4n) is 1.69. The number of nitrogens with one attached hydrogen (secondary N) is 1. The first-order valence-corrected chi connectivity index (χ1v) is 6.76. The van der Waals surface area contributed by atoms with Crippen LogP contribution in [-0.2, 0) is 0 Å². The quantitative estimate of drug-likeness (QED) is 0.657. The maximum absolute atomic E-state index is 10.9. The molecule has 0 aliphatic rings. The van der Waals surface area contributed by atoms with E-state index in [-0.39, 0.29) is 5.56 Å². The third-order valence-electron chi connectivity index (χ3n) is 2.73. The minimum absolute atomic E-state index is 0.226. The normalized spacial score (nSPS) is 11.2. The third kappa shape index (κ3) is 3.45. The number of rotatable bonds is 4. The summed E-state index contributed by atoms with van der Waals surface area (Å²) in [7, 11) is 0. The van der Waals surface area contributed by atoms with Crippen LogP contribution in [0.2, 0.25) is 0 Å². The van der Waals surface area contributed by atoms with Crippen LogP contribution in [0, 0.1) is 0 Å². The van der Waals surface area contributed by atoms with Crippen molar-refractivity contribution in [3.63, 3.8) is 0 Å². The van der Waals surface area contributed by atoms with Crippen molar-refractivity contribution in [3.05, 3.63) is 64.1 Å². The molecule has 0 aromatic heterocycles. The van der Waals surface area contributed by atoms with Gasteiger partial charge >= 0.3 is 5.97 Å². The summed E-state index contributed by atoms with van der Waals surface area (Å²) in [6.45, 7) is 1.88. The SMILES string of the molecule is C/C(=N\Nc1cccc(C(=O)O)c1)c1ccccc1Br. The largest absolute Gasteiger partial charge is 0.478 e. The van der Waals surface area contributed by atoms with Gasteiger partial charge in [0.05, 0.1) is 17.0 Å². The smallest absolute Gasteiger partial charge is 0.335 e. The van der Waals surface area contributed by atoms with Crippen molar-refractivity contribution in [3.8, 4) is 0 Å². The summed E-state index contributed by atoms with van der Waals surface area (Å²) in [4.78, 5) is 10.9. The lowest BCUT2D eigenvalue weighted by atomic mass is 10.1. The molecule has 0 saturated heterocycles. The predicted octanol–water partition coefficient (Wildman–Crippen LogP) is 3.98. The molecule has 2 N–H and O–H groups in total. The Balaban J connectivity index is 2.19. The second kappa shape index (κ2) is 6.34. The van der Waals surface area contributed by atoms with Crippen LogP contribution >= 0.6 is 15.9 Å². The lowest BCUT2D eigenvalue weighted by Gasteiger charge is -2.06. The molecule has 0 aliphatic heterocycles. The average molecular weight is 333 g/mol. The van der Waals surface area contributed by atoms with Gasteiger partial charge in [-0.3, -0.25) is 5.43 Å². The Kier molecular flexibility index (Phi) is 4.53. The van der Waals surface area contributed by atoms with Gasteiger partial charge in [-0.1, -0.05) is 40.2 Å². The van der Waals surface area contributed by atoms with Crippen molar-refractivity contribution in [1.29, 1.82) is 0 Å². The zero-order valence-corrected chi connectivity index (χ0v) is 12.4. The summed E-state index contributed by atoms with van der Waals surface area (Å²) < 4.78 is 0.960. The van der Waals surface area contributed by atoms with E-state index in [1.165, 1.54) is 6.07 Å². The molecule has 0 spiro atoms. The molecule has 0 heterocycles. The number of aromatic carboxylic acids is 1. The Morgan fingerprint density at radius 3 is 2.65 bits per heavy atom. The number of hydrazone groups is 1. The second-order valence-corrected chi connectivity index (χ2v) is 5.03. The number of carboxylic acid groups (broad SMARTS) is 1. The summed E-state index contributed by atoms with van der Waals surface area (Å²) in [5, 5.41) is 13.2. The number of halogens is 1. The third-order valence-corrected chi connectivity index (χ3v) is 3.42. The zero-order valence-electron chi connectivity index (χ0n) is 10.8. The van der Waals surface area contributed by atoms with E-state index in [0.717, 1.165) is 15.7 Å². The molecule has 0 unspecified atom stereocenters. The van der Waals surface area contributed by atoms with Gasteiger partial charge in [0, 0.05) is 10.0 Å². The highest BCUT2D eigenvalue weighted by Gasteiger charge is 2.04. The fourth-order valence-corrected chi connectivity index (χ4v) is 2.26. The molecule has 0 saturated carbocycles. The van der Waals surface area contributed by atoms with E-state index in [1.807, 2.05) is 31.2 Å². The Labute approximate surface area is 125 Å². The first kappa shape index (κ1) is 14.3. The molecule has 2 rings (SSSR count). The number of benzene rings is 2. The lowest BCUT2D eigenvalue weighted by Crippen LogP contribution is -2.02. The molecule has 20 heavy (non-hydrogen) atoms. The first-order chi connectivity index (χ1) is 9.58. The number of nitrogens with zero attached hydrogens (tertiary/aromatic N) is 1. The maximum Gasteiger partial charge on any atom is 0.335 e. The van der Waals surface area contributed by atoms with Gasteiger partial charge in [0.15, 0.2) is 0 Å². The monoisotopic (exact) mass is 332 g/mol. The number of carboxylic acids is 1. The zero-order chi connectivity index (χ0) is 14.5. The van der Waals surface area contributed by atoms with E-state index in [2.05, 4.69) is 26.5 Å². The molecule has 0 fully saturated rings. The van der Waals surface area contributed by atoms with E-state index in [0.29, 0.717) is 5.69 Å². The Bertz CT molecular complexity index is 668. The molecule has 0 aliphatic carbocycles. The van der Waals surface area contributed by atoms with Crippen LogP contribution in [0.25, 0.3) is 0 Å². The van der Waals surface area contributed by atoms with Crippen LogP contribution < -0.4 is 5.43 Å². The van der Waals surface area contributed by atoms with Gasteiger partial charge in [0.25, 0.3) is 0 Å². The molecule has 102 valence electrons. The van der Waals surface area contributed by atoms with Crippen molar-refractivity contribution < 1.29 is 9.90 Å². The van der Waals surface area contributed by atoms with Gasteiger partial charge in [0.2, 0.25) is 0 Å². The number of hydrogen-bond donors (Lipinski definition) is 2. The van der Waals surface area contributed by atoms with E-state index in [4.69, 9.17) is 5.11 Å². The molecule has 2 aromatic rings. The molecular weight excluding hydrogens is 320 g/mol. The molecule has 0 atom stereocenters. The number of hydrogen-bond acceptors (Lipinski definition) is 3. The molecule has 0 radical (unpaired) electrons. The average Bonchev–Trinajstić information content (AvgIpc) is 2.45. The molecule has 5 heteroatoms. The van der Waals surface area contributed by atoms with Gasteiger partial charge in [0.1, 0.15) is 0 Å². The van der Waals surface area contributed by atoms with Crippen LogP contribution in [0.1, 0.15) is 22.8 Å². The summed E-state index contributed by atoms with van der Waals surface area (Å²) >= 11 is 3.47. The van der Waals surface area contributed by atoms with Crippen molar-refractivity contribution in [2.24, 2.45) is 5.10 Å². The predicted molar refractivity (Wildman–Crippen MR) is 83.4 cm³/mol. The molecule has 2 aromatic carbocycles. The van der Waals surface area contributed by atoms with Gasteiger partial charge in [-0.2, -0.15) is 5.10 Å². The lowest BCUT2D eigenvalue weighted by molar-refractivity contribution is 0.0697. The minimum atomic E-state index is -0.958. The summed E-state index contributed by atoms with van der Waals surface area (Å²) in [6, 6.07) is 14.3. The summed E-state index contributed by atoms with van der Waals surface area (Å²) in [5.41, 5.74) is 5.52. The van der Waals surface area contributed by atoms with Gasteiger partial charge in [-0.25, -0.2) is 4.79 Å². The highest BCUT2D eigenvalue weighted by atomic mass is 79.9. The fraction of sp³-hybridized carbons (Fsp3) is 0.0667. The standard InChI is InChI=1S/C15H13BrN2O2/c1-10(13-7-2-3-8-14(13)16)17-18-12-6-4-5-11(9-12)15(19)20/h2-9,18H,1H3,(H,19,20)/b17-10+. The van der Waals surface area contributed by atoms with E-state index in [1.54, 1.807) is 18.2 Å². The van der Waals surface area contributed by atoms with Crippen LogP contribution in [0.4, 0.5) is 5.69 Å². The Morgan fingerprint density at radius 1 is 1.20 bits per heavy atom. The van der Waals surface area contributed by atoms with Crippen molar-refractivity contribution in [1.82, 2.24) is 0 Å². The molecule has 0 bridgehead atoms. The summed E-state index contributed by atoms with van der Waals surface area (Å²) in [5.74, 6) is -0.958. The van der Waals surface area contributed by atoms with E-state index in [9.17, 15) is 4.79 Å².